The molecule has 0 aliphatic rings. The van der Waals surface area contributed by atoms with Gasteiger partial charge in [-0.25, -0.2) is 8.42 Å². The molecule has 0 atom stereocenters. The van der Waals surface area contributed by atoms with E-state index in [1.165, 1.54) is 0 Å². The summed E-state index contributed by atoms with van der Waals surface area (Å²) in [4.78, 5) is 0. The minimum atomic E-state index is -2.72. The summed E-state index contributed by atoms with van der Waals surface area (Å²) in [5.74, 6) is 2.57. The third-order valence-electron chi connectivity index (χ3n) is 1.45. The van der Waals surface area contributed by atoms with Crippen molar-refractivity contribution in [3.8, 4) is 12.3 Å². The van der Waals surface area contributed by atoms with Crippen LogP contribution in [-0.2, 0) is 15.2 Å². The van der Waals surface area contributed by atoms with Crippen LogP contribution >= 0.6 is 0 Å². The molecule has 0 aromatic heterocycles. The lowest BCUT2D eigenvalue weighted by Crippen LogP contribution is -2.38. The third-order valence-corrected chi connectivity index (χ3v) is 1.84. The van der Waals surface area contributed by atoms with Crippen LogP contribution < -0.4 is 5.32 Å². The molecule has 13 heavy (non-hydrogen) atoms. The molecule has 0 saturated carbocycles. The maximum absolute atomic E-state index is 9.98. The second-order valence-electron chi connectivity index (χ2n) is 3.11. The van der Waals surface area contributed by atoms with Crippen molar-refractivity contribution in [2.24, 2.45) is 0 Å². The van der Waals surface area contributed by atoms with Gasteiger partial charge >= 0.3 is 0 Å². The second-order valence-corrected chi connectivity index (χ2v) is 3.81. The molecule has 1 N–H and O–H groups in total. The van der Waals surface area contributed by atoms with E-state index in [-0.39, 0.29) is 12.1 Å². The molecule has 0 aliphatic heterocycles. The average molecular weight is 205 g/mol. The van der Waals surface area contributed by atoms with Gasteiger partial charge in [0.05, 0.1) is 12.1 Å². The molecule has 0 aromatic carbocycles. The van der Waals surface area contributed by atoms with Gasteiger partial charge in [0.15, 0.2) is 0 Å². The van der Waals surface area contributed by atoms with Crippen LogP contribution in [0.25, 0.3) is 0 Å². The molecule has 5 heteroatoms. The number of rotatable bonds is 6. The first-order chi connectivity index (χ1) is 5.98. The minimum absolute atomic E-state index is 0.201. The molecular formula is C8H15NO3S. The van der Waals surface area contributed by atoms with E-state index in [1.54, 1.807) is 0 Å². The van der Waals surface area contributed by atoms with Gasteiger partial charge in [0.1, 0.15) is 0 Å². The molecule has 0 heterocycles. The van der Waals surface area contributed by atoms with E-state index in [0.29, 0.717) is 13.0 Å². The maximum atomic E-state index is 9.98. The largest absolute Gasteiger partial charge is 0.302 e. The van der Waals surface area contributed by atoms with Gasteiger partial charge in [-0.15, -0.1) is 6.42 Å². The average Bonchev–Trinajstić information content (AvgIpc) is 2.03. The number of hydrogen-bond donors (Lipinski definition) is 2. The molecule has 0 aromatic rings. The lowest BCUT2D eigenvalue weighted by Gasteiger charge is -2.18. The Kier molecular flexibility index (Phi) is 5.71. The first-order valence-electron chi connectivity index (χ1n) is 3.98. The fourth-order valence-corrected chi connectivity index (χ4v) is 0.941. The molecule has 0 aliphatic carbocycles. The predicted octanol–water partition coefficient (Wildman–Crippen LogP) is -0.0791. The van der Waals surface area contributed by atoms with Crippen LogP contribution in [0.1, 0.15) is 20.3 Å². The fraction of sp³-hybridized carbons (Fsp3) is 0.750. The Morgan fingerprint density at radius 3 is 2.62 bits per heavy atom. The quantitative estimate of drug-likeness (QED) is 0.362. The van der Waals surface area contributed by atoms with Gasteiger partial charge in [0.25, 0.3) is 11.0 Å². The van der Waals surface area contributed by atoms with Crippen molar-refractivity contribution in [1.29, 1.82) is 0 Å². The van der Waals surface area contributed by atoms with Crippen molar-refractivity contribution < 1.29 is 12.6 Å². The molecule has 0 bridgehead atoms. The molecular weight excluding hydrogens is 190 g/mol. The van der Waals surface area contributed by atoms with Gasteiger partial charge in [-0.3, -0.25) is 4.18 Å². The highest BCUT2D eigenvalue weighted by molar-refractivity contribution is 7.67. The molecule has 0 rings (SSSR count). The zero-order chi connectivity index (χ0) is 10.3. The minimum Gasteiger partial charge on any atom is -0.302 e. The van der Waals surface area contributed by atoms with Gasteiger partial charge in [0, 0.05) is 0 Å². The van der Waals surface area contributed by atoms with E-state index in [1.807, 2.05) is 13.8 Å². The van der Waals surface area contributed by atoms with Gasteiger partial charge in [-0.1, -0.05) is 5.92 Å². The monoisotopic (exact) mass is 205 g/mol. The molecule has 0 saturated heterocycles. The molecule has 0 spiro atoms. The summed E-state index contributed by atoms with van der Waals surface area (Å²) in [6.45, 7) is 4.59. The maximum Gasteiger partial charge on any atom is 0.257 e. The molecule has 0 fully saturated rings. The van der Waals surface area contributed by atoms with E-state index in [0.717, 1.165) is 0 Å². The van der Waals surface area contributed by atoms with Crippen LogP contribution in [0, 0.1) is 12.3 Å². The Morgan fingerprint density at radius 2 is 2.15 bits per heavy atom. The Morgan fingerprint density at radius 1 is 1.54 bits per heavy atom. The summed E-state index contributed by atoms with van der Waals surface area (Å²) < 4.78 is 24.3. The summed E-state index contributed by atoms with van der Waals surface area (Å²) in [6, 6.07) is 0. The Hall–Kier alpha value is -0.570. The zero-order valence-corrected chi connectivity index (χ0v) is 8.77. The van der Waals surface area contributed by atoms with Gasteiger partial charge < -0.3 is 5.32 Å². The van der Waals surface area contributed by atoms with Crippen molar-refractivity contribution in [1.82, 2.24) is 5.32 Å². The van der Waals surface area contributed by atoms with Crippen LogP contribution in [0.4, 0.5) is 0 Å². The molecule has 0 amide bonds. The van der Waals surface area contributed by atoms with Crippen LogP contribution in [0.3, 0.4) is 0 Å². The van der Waals surface area contributed by atoms with Crippen LogP contribution in [0.15, 0.2) is 0 Å². The smallest absolute Gasteiger partial charge is 0.257 e. The van der Waals surface area contributed by atoms with E-state index in [9.17, 15) is 8.42 Å². The van der Waals surface area contributed by atoms with Crippen molar-refractivity contribution >= 4 is 11.0 Å². The standard InChI is InChI=1S/C8H15NO3S/c1-4-8(2,3)9-6-5-7-12-13(10)11/h1,9,13H,5-7H2,2-3H3. The second kappa shape index (κ2) is 5.97. The summed E-state index contributed by atoms with van der Waals surface area (Å²) in [7, 11) is -2.72. The summed E-state index contributed by atoms with van der Waals surface area (Å²) in [5, 5.41) is 3.07. The van der Waals surface area contributed by atoms with Crippen molar-refractivity contribution in [2.45, 2.75) is 25.8 Å². The van der Waals surface area contributed by atoms with E-state index < -0.39 is 11.0 Å². The summed E-state index contributed by atoms with van der Waals surface area (Å²) >= 11 is 0. The van der Waals surface area contributed by atoms with E-state index in [2.05, 4.69) is 15.4 Å². The van der Waals surface area contributed by atoms with Crippen molar-refractivity contribution in [3.05, 3.63) is 0 Å². The predicted molar refractivity (Wildman–Crippen MR) is 51.8 cm³/mol. The Balaban J connectivity index is 3.42. The normalized spacial score (nSPS) is 11.5. The zero-order valence-electron chi connectivity index (χ0n) is 7.87. The molecule has 76 valence electrons. The van der Waals surface area contributed by atoms with Gasteiger partial charge in [0.2, 0.25) is 0 Å². The Labute approximate surface area is 80.8 Å². The number of nitrogens with one attached hydrogen (secondary N) is 1. The van der Waals surface area contributed by atoms with Crippen LogP contribution in [0.5, 0.6) is 0 Å². The lowest BCUT2D eigenvalue weighted by atomic mass is 10.1. The van der Waals surface area contributed by atoms with E-state index >= 15 is 0 Å². The molecule has 4 nitrogen and oxygen atoms in total. The topological polar surface area (TPSA) is 55.4 Å². The number of thiol groups is 1. The van der Waals surface area contributed by atoms with Crippen LogP contribution in [0.2, 0.25) is 0 Å². The Bertz CT molecular complexity index is 245. The summed E-state index contributed by atoms with van der Waals surface area (Å²) in [5.41, 5.74) is -0.348. The molecule has 0 radical (unpaired) electrons. The highest BCUT2D eigenvalue weighted by Crippen LogP contribution is 1.98. The SMILES string of the molecule is C#CC(C)(C)NCCCO[SH](=O)=O. The van der Waals surface area contributed by atoms with Gasteiger partial charge in [-0.2, -0.15) is 0 Å². The third kappa shape index (κ3) is 7.78. The van der Waals surface area contributed by atoms with Crippen molar-refractivity contribution in [2.75, 3.05) is 13.2 Å². The highest BCUT2D eigenvalue weighted by atomic mass is 32.2. The van der Waals surface area contributed by atoms with Crippen molar-refractivity contribution in [3.63, 3.8) is 0 Å². The fourth-order valence-electron chi connectivity index (χ4n) is 0.663. The van der Waals surface area contributed by atoms with Gasteiger partial charge in [-0.05, 0) is 26.8 Å². The van der Waals surface area contributed by atoms with E-state index in [4.69, 9.17) is 6.42 Å². The first-order valence-corrected chi connectivity index (χ1v) is 5.07. The molecule has 0 unspecified atom stereocenters. The van der Waals surface area contributed by atoms with Crippen LogP contribution in [-0.4, -0.2) is 27.1 Å². The summed E-state index contributed by atoms with van der Waals surface area (Å²) in [6.07, 6.45) is 5.85. The lowest BCUT2D eigenvalue weighted by molar-refractivity contribution is 0.317. The number of terminal acetylenes is 1. The first kappa shape index (κ1) is 12.4. The highest BCUT2D eigenvalue weighted by Gasteiger charge is 2.10. The number of hydrogen-bond acceptors (Lipinski definition) is 4.